The molecule has 0 aromatic heterocycles. The third kappa shape index (κ3) is 64.8. The lowest BCUT2D eigenvalue weighted by atomic mass is 10.0. The van der Waals surface area contributed by atoms with E-state index in [1.54, 1.807) is 6.08 Å². The number of carbonyl (C=O) groups excluding carboxylic acids is 2. The number of unbranched alkanes of at least 4 members (excludes halogenated alkanes) is 49. The van der Waals surface area contributed by atoms with Crippen molar-refractivity contribution in [3.05, 3.63) is 48.6 Å². The first-order valence-corrected chi connectivity index (χ1v) is 35.4. The second-order valence-electron chi connectivity index (χ2n) is 24.2. The number of hydrogen-bond donors (Lipinski definition) is 3. The Morgan fingerprint density at radius 1 is 0.354 bits per heavy atom. The minimum Gasteiger partial charge on any atom is -0.466 e. The maximum atomic E-state index is 12.5. The highest BCUT2D eigenvalue weighted by Gasteiger charge is 2.18. The summed E-state index contributed by atoms with van der Waals surface area (Å²) in [7, 11) is 0. The minimum absolute atomic E-state index is 0.000820. The summed E-state index contributed by atoms with van der Waals surface area (Å²) in [6, 6.07) is -0.629. The van der Waals surface area contributed by atoms with E-state index >= 15 is 0 Å². The summed E-state index contributed by atoms with van der Waals surface area (Å²) in [5, 5.41) is 23.2. The number of ether oxygens (including phenoxy) is 1. The van der Waals surface area contributed by atoms with Gasteiger partial charge in [-0.05, 0) is 83.5 Å². The molecule has 0 radical (unpaired) electrons. The van der Waals surface area contributed by atoms with Gasteiger partial charge in [0.05, 0.1) is 25.4 Å². The minimum atomic E-state index is -0.845. The maximum Gasteiger partial charge on any atom is 0.305 e. The van der Waals surface area contributed by atoms with Gasteiger partial charge in [0, 0.05) is 12.8 Å². The van der Waals surface area contributed by atoms with Crippen LogP contribution in [0.4, 0.5) is 0 Å². The van der Waals surface area contributed by atoms with Gasteiger partial charge in [-0.25, -0.2) is 0 Å². The topological polar surface area (TPSA) is 95.9 Å². The molecule has 3 N–H and O–H groups in total. The zero-order valence-electron chi connectivity index (χ0n) is 53.1. The van der Waals surface area contributed by atoms with Gasteiger partial charge in [0.2, 0.25) is 5.91 Å². The van der Waals surface area contributed by atoms with Gasteiger partial charge in [0.1, 0.15) is 0 Å². The highest BCUT2D eigenvalue weighted by molar-refractivity contribution is 5.76. The van der Waals surface area contributed by atoms with E-state index in [1.165, 1.54) is 302 Å². The Morgan fingerprint density at radius 3 is 1.03 bits per heavy atom. The molecule has 0 aliphatic rings. The fourth-order valence-electron chi connectivity index (χ4n) is 10.9. The van der Waals surface area contributed by atoms with Crippen LogP contribution in [-0.4, -0.2) is 47.4 Å². The predicted octanol–water partition coefficient (Wildman–Crippen LogP) is 22.9. The molecule has 0 aliphatic carbocycles. The lowest BCUT2D eigenvalue weighted by molar-refractivity contribution is -0.143. The van der Waals surface area contributed by atoms with Gasteiger partial charge < -0.3 is 20.3 Å². The molecule has 6 nitrogen and oxygen atoms in total. The molecule has 6 heteroatoms. The highest BCUT2D eigenvalue weighted by Crippen LogP contribution is 2.18. The molecular formula is C73H137NO5. The van der Waals surface area contributed by atoms with Gasteiger partial charge in [-0.1, -0.05) is 332 Å². The van der Waals surface area contributed by atoms with Crippen LogP contribution in [0, 0.1) is 0 Å². The average Bonchev–Trinajstić information content (AvgIpc) is 3.45. The number of aliphatic hydroxyl groups is 2. The number of nitrogens with one attached hydrogen (secondary N) is 1. The molecule has 79 heavy (non-hydrogen) atoms. The third-order valence-corrected chi connectivity index (χ3v) is 16.3. The first-order chi connectivity index (χ1) is 39.0. The van der Waals surface area contributed by atoms with E-state index < -0.39 is 12.1 Å². The molecule has 0 saturated carbocycles. The quantitative estimate of drug-likeness (QED) is 0.0320. The van der Waals surface area contributed by atoms with Gasteiger partial charge in [-0.3, -0.25) is 9.59 Å². The molecule has 0 fully saturated rings. The summed E-state index contributed by atoms with van der Waals surface area (Å²) in [6.45, 7) is 4.86. The van der Waals surface area contributed by atoms with E-state index in [-0.39, 0.29) is 18.5 Å². The summed E-state index contributed by atoms with van der Waals surface area (Å²) in [5.41, 5.74) is 0. The molecule has 0 rings (SSSR count). The van der Waals surface area contributed by atoms with Gasteiger partial charge in [0.25, 0.3) is 0 Å². The fourth-order valence-corrected chi connectivity index (χ4v) is 10.9. The van der Waals surface area contributed by atoms with Crippen molar-refractivity contribution in [1.82, 2.24) is 5.32 Å². The van der Waals surface area contributed by atoms with Crippen molar-refractivity contribution in [2.75, 3.05) is 13.2 Å². The molecule has 464 valence electrons. The first-order valence-electron chi connectivity index (χ1n) is 35.4. The van der Waals surface area contributed by atoms with Gasteiger partial charge in [0.15, 0.2) is 0 Å². The zero-order chi connectivity index (χ0) is 57.1. The molecule has 0 spiro atoms. The Kier molecular flexibility index (Phi) is 66.4. The Morgan fingerprint density at radius 2 is 0.658 bits per heavy atom. The van der Waals surface area contributed by atoms with Crippen LogP contribution in [0.1, 0.15) is 380 Å². The molecule has 0 aromatic carbocycles. The van der Waals surface area contributed by atoms with Crippen molar-refractivity contribution in [3.63, 3.8) is 0 Å². The Labute approximate surface area is 493 Å². The van der Waals surface area contributed by atoms with Crippen LogP contribution < -0.4 is 5.32 Å². The molecule has 0 aromatic rings. The van der Waals surface area contributed by atoms with E-state index in [2.05, 4.69) is 55.6 Å². The Balaban J connectivity index is 3.41. The molecule has 2 unspecified atom stereocenters. The van der Waals surface area contributed by atoms with E-state index in [9.17, 15) is 19.8 Å². The zero-order valence-corrected chi connectivity index (χ0v) is 53.1. The van der Waals surface area contributed by atoms with Crippen molar-refractivity contribution >= 4 is 11.9 Å². The van der Waals surface area contributed by atoms with Crippen LogP contribution in [0.5, 0.6) is 0 Å². The van der Waals surface area contributed by atoms with Crippen LogP contribution in [0.3, 0.4) is 0 Å². The van der Waals surface area contributed by atoms with Crippen LogP contribution in [0.25, 0.3) is 0 Å². The van der Waals surface area contributed by atoms with E-state index in [0.29, 0.717) is 19.4 Å². The largest absolute Gasteiger partial charge is 0.466 e. The summed E-state index contributed by atoms with van der Waals surface area (Å²) >= 11 is 0. The van der Waals surface area contributed by atoms with Crippen molar-refractivity contribution in [3.8, 4) is 0 Å². The summed E-state index contributed by atoms with van der Waals surface area (Å²) in [6.07, 6.45) is 89.1. The van der Waals surface area contributed by atoms with Crippen molar-refractivity contribution in [1.29, 1.82) is 0 Å². The summed E-state index contributed by atoms with van der Waals surface area (Å²) < 4.78 is 5.47. The normalized spacial score (nSPS) is 12.8. The van der Waals surface area contributed by atoms with Crippen LogP contribution in [0.2, 0.25) is 0 Å². The number of esters is 1. The lowest BCUT2D eigenvalue weighted by Crippen LogP contribution is -2.45. The highest BCUT2D eigenvalue weighted by atomic mass is 16.5. The van der Waals surface area contributed by atoms with Gasteiger partial charge in [-0.15, -0.1) is 0 Å². The lowest BCUT2D eigenvalue weighted by Gasteiger charge is -2.20. The fraction of sp³-hybridized carbons (Fsp3) is 0.863. The standard InChI is InChI=1S/C73H137NO5/c1-3-5-7-9-11-13-15-17-18-19-20-32-35-38-42-45-49-53-57-61-65-71(76)70(69-75)74-72(77)66-62-58-54-50-46-43-39-36-33-30-28-26-24-22-21-23-25-27-29-31-34-37-40-44-48-52-56-60-64-68-79-73(78)67-63-59-55-51-47-41-16-14-12-10-8-6-4-2/h8,10,14,16,21,23,61,65,70-71,75-76H,3-7,9,11-13,15,17-20,22,24-60,62-64,66-69H2,1-2H3,(H,74,77)/b10-8-,16-14-,23-21-,65-61+. The second-order valence-corrected chi connectivity index (χ2v) is 24.2. The van der Waals surface area contributed by atoms with Crippen molar-refractivity contribution in [2.45, 2.75) is 392 Å². The molecule has 0 heterocycles. The van der Waals surface area contributed by atoms with E-state index in [0.717, 1.165) is 51.4 Å². The van der Waals surface area contributed by atoms with Gasteiger partial charge in [-0.2, -0.15) is 0 Å². The van der Waals surface area contributed by atoms with Crippen molar-refractivity contribution < 1.29 is 24.5 Å². The summed E-state index contributed by atoms with van der Waals surface area (Å²) in [4.78, 5) is 24.6. The second kappa shape index (κ2) is 68.3. The van der Waals surface area contributed by atoms with Crippen LogP contribution >= 0.6 is 0 Å². The Hall–Kier alpha value is -2.18. The van der Waals surface area contributed by atoms with Crippen molar-refractivity contribution in [2.24, 2.45) is 0 Å². The van der Waals surface area contributed by atoms with E-state index in [1.807, 2.05) is 6.08 Å². The summed E-state index contributed by atoms with van der Waals surface area (Å²) in [5.74, 6) is -0.0633. The van der Waals surface area contributed by atoms with Crippen LogP contribution in [0.15, 0.2) is 48.6 Å². The molecule has 1 amide bonds. The number of aliphatic hydroxyl groups excluding tert-OH is 2. The number of allylic oxidation sites excluding steroid dienone is 7. The molecule has 0 saturated heterocycles. The third-order valence-electron chi connectivity index (χ3n) is 16.3. The molecular weight excluding hydrogens is 971 g/mol. The predicted molar refractivity (Wildman–Crippen MR) is 347 cm³/mol. The monoisotopic (exact) mass is 1110 g/mol. The average molecular weight is 1110 g/mol. The molecule has 2 atom stereocenters. The van der Waals surface area contributed by atoms with Gasteiger partial charge >= 0.3 is 5.97 Å². The molecule has 0 bridgehead atoms. The maximum absolute atomic E-state index is 12.5. The SMILES string of the molecule is CCC/C=C\C/C=C\CCCCCCCC(=O)OCCCCCCCCCCCCCC/C=C\CCCCCCCCCCCCCCCC(=O)NC(CO)C(O)/C=C/CCCCCCCCCCCCCCCCCCCC. The Bertz CT molecular complexity index is 1320. The number of rotatable bonds is 66. The van der Waals surface area contributed by atoms with E-state index in [4.69, 9.17) is 4.74 Å². The number of carbonyl (C=O) groups is 2. The first kappa shape index (κ1) is 76.8. The molecule has 0 aliphatic heterocycles. The number of amides is 1. The van der Waals surface area contributed by atoms with Crippen LogP contribution in [-0.2, 0) is 14.3 Å². The smallest absolute Gasteiger partial charge is 0.305 e. The number of hydrogen-bond acceptors (Lipinski definition) is 5.